The third-order valence-electron chi connectivity index (χ3n) is 6.62. The molecule has 11 nitrogen and oxygen atoms in total. The average molecular weight is 615 g/mol. The fraction of sp³-hybridized carbons (Fsp3) is 0.219. The summed E-state index contributed by atoms with van der Waals surface area (Å²) in [6, 6.07) is 13.2. The number of aryl methyl sites for hydroxylation is 1. The first kappa shape index (κ1) is 31.8. The minimum atomic E-state index is -1.08. The zero-order valence-corrected chi connectivity index (χ0v) is 24.7. The van der Waals surface area contributed by atoms with Gasteiger partial charge in [0.05, 0.1) is 42.6 Å². The molecule has 0 saturated carbocycles. The quantitative estimate of drug-likeness (QED) is 0.140. The van der Waals surface area contributed by atoms with E-state index in [9.17, 15) is 24.6 Å². The first-order valence-corrected chi connectivity index (χ1v) is 13.9. The number of nitrogens with one attached hydrogen (secondary N) is 2. The summed E-state index contributed by atoms with van der Waals surface area (Å²) in [6.45, 7) is 1.21. The van der Waals surface area contributed by atoms with Crippen LogP contribution in [0.1, 0.15) is 27.2 Å². The smallest absolute Gasteiger partial charge is 0.291 e. The number of amides is 3. The molecule has 0 saturated heterocycles. The van der Waals surface area contributed by atoms with Gasteiger partial charge < -0.3 is 35.3 Å². The van der Waals surface area contributed by atoms with Gasteiger partial charge in [-0.1, -0.05) is 42.3 Å². The normalized spacial score (nSPS) is 14.6. The van der Waals surface area contributed by atoms with Gasteiger partial charge in [-0.05, 0) is 37.3 Å². The van der Waals surface area contributed by atoms with Crippen LogP contribution in [0.15, 0.2) is 76.0 Å². The maximum atomic E-state index is 13.1. The number of carbonyl (C=O) groups is 3. The molecule has 0 bridgehead atoms. The van der Waals surface area contributed by atoms with Gasteiger partial charge in [0, 0.05) is 53.2 Å². The summed E-state index contributed by atoms with van der Waals surface area (Å²) in [4.78, 5) is 43.7. The van der Waals surface area contributed by atoms with Gasteiger partial charge in [0.25, 0.3) is 11.8 Å². The van der Waals surface area contributed by atoms with Crippen molar-refractivity contribution >= 4 is 52.4 Å². The largest absolute Gasteiger partial charge is 0.505 e. The predicted octanol–water partition coefficient (Wildman–Crippen LogP) is 2.84. The Hall–Kier alpha value is -5.09. The first-order valence-electron chi connectivity index (χ1n) is 13.5. The summed E-state index contributed by atoms with van der Waals surface area (Å²) < 4.78 is 5.23. The Labute approximate surface area is 258 Å². The van der Waals surface area contributed by atoms with Crippen LogP contribution < -0.4 is 10.6 Å². The van der Waals surface area contributed by atoms with Crippen molar-refractivity contribution in [2.24, 2.45) is 10.9 Å². The monoisotopic (exact) mass is 614 g/mol. The van der Waals surface area contributed by atoms with Gasteiger partial charge in [0.1, 0.15) is 5.75 Å². The van der Waals surface area contributed by atoms with Crippen molar-refractivity contribution < 1.29 is 34.1 Å². The van der Waals surface area contributed by atoms with Crippen LogP contribution >= 0.6 is 12.2 Å². The van der Waals surface area contributed by atoms with E-state index in [2.05, 4.69) is 27.5 Å². The number of aliphatic hydroxyl groups is 2. The Kier molecular flexibility index (Phi) is 10.4. The third-order valence-corrected chi connectivity index (χ3v) is 7.10. The van der Waals surface area contributed by atoms with Crippen molar-refractivity contribution in [1.29, 1.82) is 0 Å². The number of rotatable bonds is 9. The summed E-state index contributed by atoms with van der Waals surface area (Å²) >= 11 is 5.54. The Balaban J connectivity index is 1.41. The number of para-hydroxylation sites is 1. The van der Waals surface area contributed by atoms with Crippen LogP contribution in [0.5, 0.6) is 5.75 Å². The number of thiocarbonyl (C=S) groups is 1. The second-order valence-electron chi connectivity index (χ2n) is 9.97. The van der Waals surface area contributed by atoms with Gasteiger partial charge in [-0.3, -0.25) is 19.4 Å². The first-order chi connectivity index (χ1) is 21.1. The van der Waals surface area contributed by atoms with Crippen LogP contribution in [-0.2, 0) is 16.0 Å². The molecule has 0 spiro atoms. The number of aromatic hydroxyl groups is 1. The molecule has 44 heavy (non-hydrogen) atoms. The topological polar surface area (TPSA) is 165 Å². The zero-order chi connectivity index (χ0) is 31.8. The number of hydrogen-bond acceptors (Lipinski definition) is 9. The van der Waals surface area contributed by atoms with Crippen molar-refractivity contribution in [3.05, 3.63) is 89.0 Å². The summed E-state index contributed by atoms with van der Waals surface area (Å²) in [6.07, 6.45) is 3.00. The molecule has 2 aromatic carbocycles. The molecule has 3 aromatic rings. The zero-order valence-electron chi connectivity index (χ0n) is 23.9. The Morgan fingerprint density at radius 2 is 1.91 bits per heavy atom. The lowest BCUT2D eigenvalue weighted by atomic mass is 9.97. The van der Waals surface area contributed by atoms with Gasteiger partial charge in [0.15, 0.2) is 5.76 Å². The molecule has 4 rings (SSSR count). The SMILES string of the molecule is Cc1ccoc1C(=O)Nc1cccc(C#CC2C=NC=C(C(=O)Nc3cccc(CC(=O)N(C)CC(O)CO)c3O)C2=S)c1. The van der Waals surface area contributed by atoms with E-state index >= 15 is 0 Å². The molecule has 1 aromatic heterocycles. The van der Waals surface area contributed by atoms with Gasteiger partial charge in [-0.15, -0.1) is 0 Å². The van der Waals surface area contributed by atoms with Crippen molar-refractivity contribution in [1.82, 2.24) is 4.90 Å². The average Bonchev–Trinajstić information content (AvgIpc) is 3.44. The fourth-order valence-electron chi connectivity index (χ4n) is 4.20. The van der Waals surface area contributed by atoms with Crippen LogP contribution in [0.4, 0.5) is 11.4 Å². The number of anilines is 2. The number of furan rings is 1. The van der Waals surface area contributed by atoms with E-state index in [-0.39, 0.29) is 52.1 Å². The van der Waals surface area contributed by atoms with Crippen LogP contribution in [0.25, 0.3) is 0 Å². The molecule has 226 valence electrons. The predicted molar refractivity (Wildman–Crippen MR) is 169 cm³/mol. The Morgan fingerprint density at radius 1 is 1.14 bits per heavy atom. The molecule has 0 radical (unpaired) electrons. The van der Waals surface area contributed by atoms with Crippen molar-refractivity contribution in [3.8, 4) is 17.6 Å². The lowest BCUT2D eigenvalue weighted by Gasteiger charge is -2.20. The fourth-order valence-corrected chi connectivity index (χ4v) is 4.47. The van der Waals surface area contributed by atoms with Gasteiger partial charge >= 0.3 is 0 Å². The van der Waals surface area contributed by atoms with E-state index in [0.717, 1.165) is 0 Å². The molecule has 12 heteroatoms. The highest BCUT2D eigenvalue weighted by Gasteiger charge is 2.25. The van der Waals surface area contributed by atoms with Gasteiger partial charge in [-0.2, -0.15) is 0 Å². The Morgan fingerprint density at radius 3 is 2.64 bits per heavy atom. The van der Waals surface area contributed by atoms with Crippen LogP contribution in [0.2, 0.25) is 0 Å². The number of benzene rings is 2. The number of phenolic OH excluding ortho intramolecular Hbond substituents is 1. The molecular weight excluding hydrogens is 584 g/mol. The van der Waals surface area contributed by atoms with Crippen molar-refractivity contribution in [3.63, 3.8) is 0 Å². The molecule has 0 aliphatic carbocycles. The minimum Gasteiger partial charge on any atom is -0.505 e. The lowest BCUT2D eigenvalue weighted by molar-refractivity contribution is -0.130. The number of aliphatic hydroxyl groups excluding tert-OH is 2. The Bertz CT molecular complexity index is 1720. The van der Waals surface area contributed by atoms with Gasteiger partial charge in [0.2, 0.25) is 5.91 Å². The molecule has 2 heterocycles. The lowest BCUT2D eigenvalue weighted by Crippen LogP contribution is -2.36. The number of hydrogen-bond donors (Lipinski definition) is 5. The number of likely N-dealkylation sites (N-methyl/N-ethyl adjacent to an activating group) is 1. The standard InChI is InChI=1S/C32H30N4O7S/c1-19-11-12-43-29(19)32(42)34-23-7-3-5-20(13-23)9-10-22-15-33-16-25(30(22)44)31(41)35-26-8-4-6-21(28(26)40)14-27(39)36(2)17-24(38)18-37/h3-8,11-13,15-16,22,24,37-38,40H,14,17-18H2,1-2H3,(H,34,42)(H,35,41). The van der Waals surface area contributed by atoms with E-state index in [1.807, 2.05) is 0 Å². The molecule has 5 N–H and O–H groups in total. The molecule has 1 aliphatic heterocycles. The maximum Gasteiger partial charge on any atom is 0.291 e. The summed E-state index contributed by atoms with van der Waals surface area (Å²) in [5.74, 6) is 3.90. The number of nitrogens with zero attached hydrogens (tertiary/aromatic N) is 2. The second kappa shape index (κ2) is 14.4. The highest BCUT2D eigenvalue weighted by molar-refractivity contribution is 7.81. The van der Waals surface area contributed by atoms with Crippen LogP contribution in [-0.4, -0.2) is 75.3 Å². The summed E-state index contributed by atoms with van der Waals surface area (Å²) in [5.41, 5.74) is 2.27. The van der Waals surface area contributed by atoms with Crippen LogP contribution in [0.3, 0.4) is 0 Å². The summed E-state index contributed by atoms with van der Waals surface area (Å²) in [7, 11) is 1.47. The molecule has 2 unspecified atom stereocenters. The molecule has 3 amide bonds. The highest BCUT2D eigenvalue weighted by Crippen LogP contribution is 2.29. The highest BCUT2D eigenvalue weighted by atomic mass is 32.1. The molecular formula is C32H30N4O7S. The van der Waals surface area contributed by atoms with E-state index in [1.54, 1.807) is 43.3 Å². The third kappa shape index (κ3) is 7.84. The van der Waals surface area contributed by atoms with Crippen LogP contribution in [0, 0.1) is 24.7 Å². The maximum absolute atomic E-state index is 13.1. The molecule has 0 fully saturated rings. The molecule has 2 atom stereocenters. The van der Waals surface area contributed by atoms with E-state index < -0.39 is 30.4 Å². The van der Waals surface area contributed by atoms with Crippen molar-refractivity contribution in [2.45, 2.75) is 19.4 Å². The number of aliphatic imine (C=N–C) groups is 1. The van der Waals surface area contributed by atoms with Crippen molar-refractivity contribution in [2.75, 3.05) is 30.8 Å². The molecule has 1 aliphatic rings. The summed E-state index contributed by atoms with van der Waals surface area (Å²) in [5, 5.41) is 34.7. The number of phenols is 1. The van der Waals surface area contributed by atoms with E-state index in [0.29, 0.717) is 16.8 Å². The van der Waals surface area contributed by atoms with Gasteiger partial charge in [-0.25, -0.2) is 0 Å². The van der Waals surface area contributed by atoms with E-state index in [4.69, 9.17) is 21.7 Å². The second-order valence-corrected chi connectivity index (χ2v) is 10.4. The number of carbonyl (C=O) groups excluding carboxylic acids is 3. The van der Waals surface area contributed by atoms with E-state index in [1.165, 1.54) is 42.8 Å². The minimum absolute atomic E-state index is 0.0721.